The Morgan fingerprint density at radius 2 is 1.72 bits per heavy atom. The standard InChI is InChI=1S/C20H16F2N2O5/c1-11(19(27)23-13-5-6-15(21)16(22)10-13)29-20(28)12-3-2-4-14(9-12)24-17(25)7-8-18(24)26/h2-6,9-11H,7-8H2,1H3,(H,23,27)/t11-/m0/s1. The van der Waals surface area contributed by atoms with E-state index in [1.54, 1.807) is 0 Å². The van der Waals surface area contributed by atoms with Gasteiger partial charge in [0.15, 0.2) is 17.7 Å². The lowest BCUT2D eigenvalue weighted by Crippen LogP contribution is -2.30. The van der Waals surface area contributed by atoms with Crippen LogP contribution in [0.15, 0.2) is 42.5 Å². The Balaban J connectivity index is 1.67. The summed E-state index contributed by atoms with van der Waals surface area (Å²) in [6, 6.07) is 8.55. The highest BCUT2D eigenvalue weighted by Gasteiger charge is 2.30. The number of imide groups is 1. The van der Waals surface area contributed by atoms with Gasteiger partial charge in [0, 0.05) is 24.6 Å². The second-order valence-electron chi connectivity index (χ2n) is 6.34. The molecule has 1 aliphatic rings. The summed E-state index contributed by atoms with van der Waals surface area (Å²) in [5, 5.41) is 2.31. The second kappa shape index (κ2) is 8.17. The molecule has 0 aromatic heterocycles. The molecule has 2 aromatic carbocycles. The molecule has 3 amide bonds. The van der Waals surface area contributed by atoms with E-state index < -0.39 is 29.6 Å². The van der Waals surface area contributed by atoms with E-state index in [1.807, 2.05) is 0 Å². The molecular formula is C20H16F2N2O5. The van der Waals surface area contributed by atoms with Crippen molar-refractivity contribution in [2.75, 3.05) is 10.2 Å². The van der Waals surface area contributed by atoms with E-state index in [9.17, 15) is 28.0 Å². The molecule has 0 radical (unpaired) electrons. The number of amides is 3. The van der Waals surface area contributed by atoms with Crippen LogP contribution in [0.1, 0.15) is 30.1 Å². The van der Waals surface area contributed by atoms with Crippen molar-refractivity contribution in [2.45, 2.75) is 25.9 Å². The molecule has 1 fully saturated rings. The van der Waals surface area contributed by atoms with Crippen molar-refractivity contribution in [1.29, 1.82) is 0 Å². The van der Waals surface area contributed by atoms with Crippen molar-refractivity contribution in [3.63, 3.8) is 0 Å². The summed E-state index contributed by atoms with van der Waals surface area (Å²) in [6.45, 7) is 1.31. The number of anilines is 2. The predicted octanol–water partition coefficient (Wildman–Crippen LogP) is 2.80. The third-order valence-electron chi connectivity index (χ3n) is 4.23. The topological polar surface area (TPSA) is 92.8 Å². The van der Waals surface area contributed by atoms with Crippen molar-refractivity contribution in [2.24, 2.45) is 0 Å². The first-order valence-corrected chi connectivity index (χ1v) is 8.69. The summed E-state index contributed by atoms with van der Waals surface area (Å²) in [5.41, 5.74) is 0.290. The number of hydrogen-bond donors (Lipinski definition) is 1. The fraction of sp³-hybridized carbons (Fsp3) is 0.200. The Morgan fingerprint density at radius 3 is 2.38 bits per heavy atom. The van der Waals surface area contributed by atoms with Gasteiger partial charge in [-0.2, -0.15) is 0 Å². The molecule has 0 bridgehead atoms. The molecule has 150 valence electrons. The van der Waals surface area contributed by atoms with Crippen LogP contribution in [-0.2, 0) is 19.1 Å². The van der Waals surface area contributed by atoms with Gasteiger partial charge in [0.25, 0.3) is 5.91 Å². The molecule has 2 aromatic rings. The lowest BCUT2D eigenvalue weighted by Gasteiger charge is -2.16. The molecule has 1 aliphatic heterocycles. The SMILES string of the molecule is C[C@H](OC(=O)c1cccc(N2C(=O)CCC2=O)c1)C(=O)Nc1ccc(F)c(F)c1. The minimum Gasteiger partial charge on any atom is -0.449 e. The van der Waals surface area contributed by atoms with Crippen molar-refractivity contribution in [3.8, 4) is 0 Å². The number of nitrogens with zero attached hydrogens (tertiary/aromatic N) is 1. The smallest absolute Gasteiger partial charge is 0.338 e. The van der Waals surface area contributed by atoms with E-state index in [1.165, 1.54) is 37.3 Å². The molecule has 0 saturated carbocycles. The van der Waals surface area contributed by atoms with Gasteiger partial charge in [-0.3, -0.25) is 19.3 Å². The Morgan fingerprint density at radius 1 is 1.03 bits per heavy atom. The van der Waals surface area contributed by atoms with Crippen LogP contribution in [0, 0.1) is 11.6 Å². The molecule has 9 heteroatoms. The largest absolute Gasteiger partial charge is 0.449 e. The van der Waals surface area contributed by atoms with Gasteiger partial charge in [0.1, 0.15) is 0 Å². The third-order valence-corrected chi connectivity index (χ3v) is 4.23. The number of carbonyl (C=O) groups is 4. The summed E-state index contributed by atoms with van der Waals surface area (Å²) in [5.74, 6) is -4.50. The molecule has 29 heavy (non-hydrogen) atoms. The highest BCUT2D eigenvalue weighted by molar-refractivity contribution is 6.20. The Labute approximate surface area is 164 Å². The monoisotopic (exact) mass is 402 g/mol. The summed E-state index contributed by atoms with van der Waals surface area (Å²) in [7, 11) is 0. The van der Waals surface area contributed by atoms with E-state index >= 15 is 0 Å². The maximum atomic E-state index is 13.2. The second-order valence-corrected chi connectivity index (χ2v) is 6.34. The summed E-state index contributed by atoms with van der Waals surface area (Å²) >= 11 is 0. The first-order valence-electron chi connectivity index (χ1n) is 8.69. The Bertz CT molecular complexity index is 992. The summed E-state index contributed by atoms with van der Waals surface area (Å²) < 4.78 is 31.3. The number of ether oxygens (including phenoxy) is 1. The van der Waals surface area contributed by atoms with Gasteiger partial charge >= 0.3 is 5.97 Å². The van der Waals surface area contributed by atoms with Crippen LogP contribution in [0.4, 0.5) is 20.2 Å². The van der Waals surface area contributed by atoms with Crippen LogP contribution in [0.2, 0.25) is 0 Å². The molecule has 7 nitrogen and oxygen atoms in total. The highest BCUT2D eigenvalue weighted by Crippen LogP contribution is 2.24. The zero-order chi connectivity index (χ0) is 21.1. The number of carbonyl (C=O) groups excluding carboxylic acids is 4. The van der Waals surface area contributed by atoms with E-state index in [2.05, 4.69) is 5.32 Å². The third kappa shape index (κ3) is 4.45. The number of nitrogens with one attached hydrogen (secondary N) is 1. The molecular weight excluding hydrogens is 386 g/mol. The van der Waals surface area contributed by atoms with Crippen LogP contribution in [0.25, 0.3) is 0 Å². The van der Waals surface area contributed by atoms with Gasteiger partial charge in [0.2, 0.25) is 11.8 Å². The molecule has 1 atom stereocenters. The van der Waals surface area contributed by atoms with Crippen LogP contribution in [0.5, 0.6) is 0 Å². The first kappa shape index (κ1) is 20.1. The first-order chi connectivity index (χ1) is 13.8. The van der Waals surface area contributed by atoms with E-state index in [-0.39, 0.29) is 41.6 Å². The number of hydrogen-bond acceptors (Lipinski definition) is 5. The fourth-order valence-electron chi connectivity index (χ4n) is 2.74. The molecule has 3 rings (SSSR count). The van der Waals surface area contributed by atoms with Gasteiger partial charge in [-0.1, -0.05) is 6.07 Å². The van der Waals surface area contributed by atoms with E-state index in [4.69, 9.17) is 4.74 Å². The van der Waals surface area contributed by atoms with Crippen molar-refractivity contribution in [1.82, 2.24) is 0 Å². The molecule has 1 heterocycles. The zero-order valence-corrected chi connectivity index (χ0v) is 15.3. The minimum absolute atomic E-state index is 0.00449. The van der Waals surface area contributed by atoms with Crippen LogP contribution in [-0.4, -0.2) is 29.8 Å². The maximum absolute atomic E-state index is 13.2. The van der Waals surface area contributed by atoms with E-state index in [0.29, 0.717) is 0 Å². The van der Waals surface area contributed by atoms with Crippen molar-refractivity contribution in [3.05, 3.63) is 59.7 Å². The lowest BCUT2D eigenvalue weighted by molar-refractivity contribution is -0.124. The van der Waals surface area contributed by atoms with Gasteiger partial charge in [-0.25, -0.2) is 13.6 Å². The van der Waals surface area contributed by atoms with Crippen LogP contribution in [0.3, 0.4) is 0 Å². The Hall–Kier alpha value is -3.62. The van der Waals surface area contributed by atoms with Crippen molar-refractivity contribution >= 4 is 35.1 Å². The summed E-state index contributed by atoms with van der Waals surface area (Å²) in [4.78, 5) is 49.1. The molecule has 0 unspecified atom stereocenters. The summed E-state index contributed by atoms with van der Waals surface area (Å²) in [6.07, 6.45) is -1.03. The van der Waals surface area contributed by atoms with E-state index in [0.717, 1.165) is 17.0 Å². The number of rotatable bonds is 5. The number of benzene rings is 2. The van der Waals surface area contributed by atoms with Crippen LogP contribution >= 0.6 is 0 Å². The van der Waals surface area contributed by atoms with Gasteiger partial charge in [-0.05, 0) is 37.3 Å². The van der Waals surface area contributed by atoms with Gasteiger partial charge < -0.3 is 10.1 Å². The normalized spacial score (nSPS) is 14.7. The predicted molar refractivity (Wildman–Crippen MR) is 98.0 cm³/mol. The maximum Gasteiger partial charge on any atom is 0.338 e. The lowest BCUT2D eigenvalue weighted by atomic mass is 10.2. The molecule has 0 aliphatic carbocycles. The number of esters is 1. The zero-order valence-electron chi connectivity index (χ0n) is 15.3. The molecule has 1 N–H and O–H groups in total. The molecule has 0 spiro atoms. The Kier molecular flexibility index (Phi) is 5.67. The van der Waals surface area contributed by atoms with Gasteiger partial charge in [-0.15, -0.1) is 0 Å². The quantitative estimate of drug-likeness (QED) is 0.613. The average molecular weight is 402 g/mol. The van der Waals surface area contributed by atoms with Crippen molar-refractivity contribution < 1.29 is 32.7 Å². The highest BCUT2D eigenvalue weighted by atomic mass is 19.2. The number of halogens is 2. The van der Waals surface area contributed by atoms with Gasteiger partial charge in [0.05, 0.1) is 11.3 Å². The average Bonchev–Trinajstić information content (AvgIpc) is 3.03. The fourth-order valence-corrected chi connectivity index (χ4v) is 2.74. The van der Waals surface area contributed by atoms with Crippen LogP contribution < -0.4 is 10.2 Å². The molecule has 1 saturated heterocycles. The minimum atomic E-state index is -1.24.